The number of aromatic hydroxyl groups is 1. The molecule has 3 rings (SSSR count). The smallest absolute Gasteiger partial charge is 0.741 e. The molecule has 0 aliphatic rings. The van der Waals surface area contributed by atoms with E-state index in [0.717, 1.165) is 10.6 Å². The average molecular weight is 459 g/mol. The fourth-order valence-electron chi connectivity index (χ4n) is 1.76. The van der Waals surface area contributed by atoms with E-state index in [9.17, 15) is 5.11 Å². The van der Waals surface area contributed by atoms with Gasteiger partial charge in [-0.15, -0.1) is 17.0 Å². The Labute approximate surface area is 183 Å². The van der Waals surface area contributed by atoms with Crippen molar-refractivity contribution in [3.05, 3.63) is 88.0 Å². The first-order chi connectivity index (χ1) is 13.1. The van der Waals surface area contributed by atoms with Gasteiger partial charge in [0.25, 0.3) is 0 Å². The molecule has 28 heavy (non-hydrogen) atoms. The minimum Gasteiger partial charge on any atom is -0.741 e. The van der Waals surface area contributed by atoms with Gasteiger partial charge in [0.1, 0.15) is 5.75 Å². The van der Waals surface area contributed by atoms with Gasteiger partial charge in [-0.05, 0) is 28.7 Å². The van der Waals surface area contributed by atoms with Gasteiger partial charge in [0.15, 0.2) is 0 Å². The molecule has 0 spiro atoms. The largest absolute Gasteiger partial charge is 2.00 e. The molecule has 0 aliphatic heterocycles. The summed E-state index contributed by atoms with van der Waals surface area (Å²) in [5.41, 5.74) is 10.5. The summed E-state index contributed by atoms with van der Waals surface area (Å²) >= 11 is 6.07. The molecule has 1 heterocycles. The van der Waals surface area contributed by atoms with Crippen LogP contribution in [-0.2, 0) is 29.7 Å². The maximum Gasteiger partial charge on any atom is 2.00 e. The summed E-state index contributed by atoms with van der Waals surface area (Å²) in [5.74, 6) is 0.203. The van der Waals surface area contributed by atoms with Crippen molar-refractivity contribution in [1.29, 1.82) is 0 Å². The van der Waals surface area contributed by atoms with E-state index in [1.165, 1.54) is 6.21 Å². The molecule has 0 saturated heterocycles. The third-order valence-electron chi connectivity index (χ3n) is 2.95. The average Bonchev–Trinajstić information content (AvgIpc) is 3.18. The van der Waals surface area contributed by atoms with Gasteiger partial charge in [0, 0.05) is 16.7 Å². The summed E-state index contributed by atoms with van der Waals surface area (Å²) in [5, 5.41) is 22.5. The first-order valence-electron chi connectivity index (χ1n) is 7.79. The molecule has 1 radical (unpaired) electrons. The zero-order valence-electron chi connectivity index (χ0n) is 14.5. The molecule has 3 N–H and O–H groups in total. The monoisotopic (exact) mass is 458 g/mol. The van der Waals surface area contributed by atoms with Gasteiger partial charge in [0.2, 0.25) is 0 Å². The Kier molecular flexibility index (Phi) is 11.2. The van der Waals surface area contributed by atoms with Gasteiger partial charge in [-0.3, -0.25) is 0 Å². The van der Waals surface area contributed by atoms with E-state index in [4.69, 9.17) is 5.73 Å². The second-order valence-corrected chi connectivity index (χ2v) is 6.33. The molecule has 0 aliphatic carbocycles. The molecule has 1 aromatic heterocycles. The molecule has 0 unspecified atom stereocenters. The number of hydrogen-bond donors (Lipinski definition) is 2. The molecule has 147 valence electrons. The van der Waals surface area contributed by atoms with E-state index >= 15 is 0 Å². The Morgan fingerprint density at radius 2 is 1.71 bits per heavy atom. The standard InChI is InChI=1S/C13H11N2O.C6H7N3S2.Cu/c16-13-9-5-4-6-11(13)10-14-15-12-7-2-1-3-8-12;7-6(10)9-8-4-5-2-1-3-11-5;/h1-10H,(H,14,16);1-4H,(H3,7,9,10);/q-1;;+2/p-1/b;8-4+;. The molecule has 2 aromatic carbocycles. The van der Waals surface area contributed by atoms with Crippen LogP contribution in [0.5, 0.6) is 5.75 Å². The van der Waals surface area contributed by atoms with Crippen LogP contribution in [0.25, 0.3) is 5.43 Å². The van der Waals surface area contributed by atoms with E-state index in [0.29, 0.717) is 5.56 Å². The minimum absolute atomic E-state index is 0. The van der Waals surface area contributed by atoms with Gasteiger partial charge in [-0.25, -0.2) is 0 Å². The predicted molar refractivity (Wildman–Crippen MR) is 116 cm³/mol. The van der Waals surface area contributed by atoms with Crippen LogP contribution in [0, 0.1) is 0 Å². The Morgan fingerprint density at radius 3 is 2.36 bits per heavy atom. The van der Waals surface area contributed by atoms with Crippen LogP contribution in [0.4, 0.5) is 5.69 Å². The van der Waals surface area contributed by atoms with E-state index in [1.54, 1.807) is 35.8 Å². The fraction of sp³-hybridized carbons (Fsp3) is 0. The van der Waals surface area contributed by atoms with Gasteiger partial charge in [-0.2, -0.15) is 10.2 Å². The number of phenols is 1. The number of thiophene rings is 1. The molecule has 0 amide bonds. The van der Waals surface area contributed by atoms with Crippen molar-refractivity contribution in [2.45, 2.75) is 0 Å². The van der Waals surface area contributed by atoms with Crippen molar-refractivity contribution >= 4 is 47.2 Å². The summed E-state index contributed by atoms with van der Waals surface area (Å²) in [7, 11) is 0. The van der Waals surface area contributed by atoms with Crippen LogP contribution in [0.2, 0.25) is 0 Å². The van der Waals surface area contributed by atoms with E-state index < -0.39 is 0 Å². The van der Waals surface area contributed by atoms with E-state index in [-0.39, 0.29) is 28.0 Å². The Morgan fingerprint density at radius 1 is 1.00 bits per heavy atom. The third-order valence-corrected chi connectivity index (χ3v) is 3.84. The van der Waals surface area contributed by atoms with Crippen molar-refractivity contribution in [3.63, 3.8) is 0 Å². The fourth-order valence-corrected chi connectivity index (χ4v) is 2.38. The number of amidine groups is 1. The van der Waals surface area contributed by atoms with Gasteiger partial charge in [-0.1, -0.05) is 48.5 Å². The molecule has 9 heteroatoms. The number of rotatable bonds is 5. The maximum atomic E-state index is 9.47. The van der Waals surface area contributed by atoms with Crippen LogP contribution in [0.15, 0.2) is 87.4 Å². The maximum absolute atomic E-state index is 9.47. The molecular weight excluding hydrogens is 442 g/mol. The second kappa shape index (κ2) is 13.5. The van der Waals surface area contributed by atoms with E-state index in [2.05, 4.69) is 33.4 Å². The summed E-state index contributed by atoms with van der Waals surface area (Å²) in [4.78, 5) is 1.03. The molecule has 0 bridgehead atoms. The van der Waals surface area contributed by atoms with Crippen LogP contribution >= 0.6 is 11.3 Å². The number of para-hydroxylation sites is 1. The summed E-state index contributed by atoms with van der Waals surface area (Å²) in [6.07, 6.45) is 3.14. The van der Waals surface area contributed by atoms with Crippen molar-refractivity contribution in [1.82, 2.24) is 0 Å². The molecule has 0 atom stereocenters. The number of benzene rings is 2. The quantitative estimate of drug-likeness (QED) is 0.195. The molecule has 0 saturated carbocycles. The van der Waals surface area contributed by atoms with Gasteiger partial charge < -0.3 is 34.0 Å². The molecular formula is C19H17CuN5OS2. The zero-order valence-corrected chi connectivity index (χ0v) is 17.1. The summed E-state index contributed by atoms with van der Waals surface area (Å²) < 4.78 is 0. The van der Waals surface area contributed by atoms with Gasteiger partial charge >= 0.3 is 17.1 Å². The molecule has 0 fully saturated rings. The van der Waals surface area contributed by atoms with Crippen molar-refractivity contribution in [2.24, 2.45) is 21.0 Å². The van der Waals surface area contributed by atoms with Crippen LogP contribution in [-0.4, -0.2) is 22.7 Å². The normalized spacial score (nSPS) is 10.9. The van der Waals surface area contributed by atoms with Crippen molar-refractivity contribution < 1.29 is 22.2 Å². The Balaban J connectivity index is 0.000000289. The molecule has 3 aromatic rings. The Bertz CT molecular complexity index is 896. The first kappa shape index (κ1) is 23.3. The second-order valence-electron chi connectivity index (χ2n) is 4.94. The van der Waals surface area contributed by atoms with Crippen LogP contribution in [0.3, 0.4) is 0 Å². The zero-order chi connectivity index (χ0) is 19.3. The minimum atomic E-state index is 0. The number of nitrogens with zero attached hydrogens (tertiary/aromatic N) is 4. The van der Waals surface area contributed by atoms with Crippen LogP contribution in [0.1, 0.15) is 10.4 Å². The predicted octanol–water partition coefficient (Wildman–Crippen LogP) is 4.37. The number of hydrogen-bond acceptors (Lipinski definition) is 6. The number of phenolic OH excluding ortho intramolecular Hbond substituents is 1. The van der Waals surface area contributed by atoms with Crippen molar-refractivity contribution in [2.75, 3.05) is 0 Å². The topological polar surface area (TPSA) is 97.4 Å². The third kappa shape index (κ3) is 9.29. The van der Waals surface area contributed by atoms with Gasteiger partial charge in [0.05, 0.1) is 6.21 Å². The van der Waals surface area contributed by atoms with E-state index in [1.807, 2.05) is 53.9 Å². The first-order valence-corrected chi connectivity index (χ1v) is 9.08. The summed E-state index contributed by atoms with van der Waals surface area (Å²) in [6, 6.07) is 20.3. The number of nitrogens with two attached hydrogens (primary N) is 1. The SMILES string of the molecule is N/C([S-])=N\N=C\c1cccs1.Oc1ccccc1/C=N/[N-]c1ccccc1.[Cu+2]. The Hall–Kier alpha value is -2.71. The molecule has 6 nitrogen and oxygen atoms in total. The van der Waals surface area contributed by atoms with Crippen LogP contribution < -0.4 is 5.73 Å². The summed E-state index contributed by atoms with van der Waals surface area (Å²) in [6.45, 7) is 0. The van der Waals surface area contributed by atoms with Crippen molar-refractivity contribution in [3.8, 4) is 5.75 Å².